The topological polar surface area (TPSA) is 0 Å². The molecule has 0 saturated carbocycles. The number of halogens is 9. The summed E-state index contributed by atoms with van der Waals surface area (Å²) in [6.45, 7) is 17.9. The van der Waals surface area contributed by atoms with Crippen LogP contribution in [-0.2, 0) is 165 Å². The Balaban J connectivity index is -0.0000000338. The Bertz CT molecular complexity index is 1190. The van der Waals surface area contributed by atoms with E-state index in [0.717, 1.165) is 35.6 Å². The first-order valence-corrected chi connectivity index (χ1v) is 29.6. The third kappa shape index (κ3) is 168. The molecule has 0 bridgehead atoms. The van der Waals surface area contributed by atoms with E-state index in [1.54, 1.807) is 71.0 Å². The minimum Gasteiger partial charge on any atom is -0.343 e. The Hall–Kier alpha value is 3.08. The minimum atomic E-state index is -2.91. The first-order chi connectivity index (χ1) is 22.0. The summed E-state index contributed by atoms with van der Waals surface area (Å²) < 4.78 is 96.1. The van der Waals surface area contributed by atoms with Crippen LogP contribution < -0.4 is 37.7 Å². The fourth-order valence-electron chi connectivity index (χ4n) is 0.0907. The second-order valence-corrected chi connectivity index (χ2v) is 24.8. The van der Waals surface area contributed by atoms with Gasteiger partial charge < -0.3 is 13.8 Å². The van der Waals surface area contributed by atoms with Gasteiger partial charge in [-0.15, -0.1) is 11.8 Å². The SMILES string of the molecule is C/C(F)=C(/C)F.CC#CC.CC(F)=C(F)F.FC(F)=C(F)F.S=S.S=S=S.S=S=S=S=S=S=S=S=S=S=S=S.[CH2-]CCC.[CH2-]CCC.[HH].[Li+].[Li+]. The van der Waals surface area contributed by atoms with Gasteiger partial charge in [-0.3, -0.25) is 0 Å². The van der Waals surface area contributed by atoms with Gasteiger partial charge >= 0.3 is 56.0 Å². The molecule has 49 heavy (non-hydrogen) atoms. The maximum atomic E-state index is 11.3. The smallest absolute Gasteiger partial charge is 0.343 e. The average molecular weight is 1020 g/mol. The van der Waals surface area contributed by atoms with Crippen LogP contribution in [-0.4, -0.2) is 0 Å². The summed E-state index contributed by atoms with van der Waals surface area (Å²) in [5, 5.41) is 0. The quantitative estimate of drug-likeness (QED) is 0.169. The van der Waals surface area contributed by atoms with Crippen molar-refractivity contribution in [2.24, 2.45) is 0 Å². The summed E-state index contributed by atoms with van der Waals surface area (Å²) in [6, 6.07) is 0. The van der Waals surface area contributed by atoms with Crippen LogP contribution in [0, 0.1) is 25.7 Å². The molecule has 286 valence electrons. The molecule has 0 radical (unpaired) electrons. The fourth-order valence-corrected chi connectivity index (χ4v) is 22.0. The standard InChI is InChI=1S/C4H6F2.2C4H9.C4H6.C3H3F3.C2F4.2Li.S12.S3.S2.H2/c1-3(5)4(2)6;3*1-3-4-2;1-2(4)3(5)6;3-1(4)2(5)6;;;1-3-5-7-9-11-12-10-8-6-4-2;1-3-2;1-2;/h1-2H3;2*1,3-4H2,2H3;1-2H3;1H3;;;;;;;1H/q;2*-1;;;;2*+1;;;;/b4-3+;;;;;;;;;;;. The van der Waals surface area contributed by atoms with Gasteiger partial charge in [0.1, 0.15) is 11.7 Å². The normalized spacial score (nSPS) is 7.22. The predicted octanol–water partition coefficient (Wildman–Crippen LogP) is 4.74. The first-order valence-electron chi connectivity index (χ1n) is 10.9. The van der Waals surface area contributed by atoms with E-state index in [-0.39, 0.29) is 39.1 Å². The van der Waals surface area contributed by atoms with Crippen molar-refractivity contribution in [1.29, 1.82) is 0 Å². The molecule has 0 saturated heterocycles. The Morgan fingerprint density at radius 3 is 0.735 bits per heavy atom. The van der Waals surface area contributed by atoms with Gasteiger partial charge in [-0.05, 0) is 34.6 Å². The Morgan fingerprint density at radius 1 is 0.510 bits per heavy atom. The maximum Gasteiger partial charge on any atom is 1.00 e. The Labute approximate surface area is 373 Å². The second-order valence-electron chi connectivity index (χ2n) is 5.34. The van der Waals surface area contributed by atoms with Gasteiger partial charge in [0, 0.05) is 166 Å². The van der Waals surface area contributed by atoms with Gasteiger partial charge in [-0.1, -0.05) is 26.7 Å². The van der Waals surface area contributed by atoms with Crippen molar-refractivity contribution in [3.8, 4) is 11.8 Å². The van der Waals surface area contributed by atoms with Crippen molar-refractivity contribution in [3.63, 3.8) is 0 Å². The molecule has 0 atom stereocenters. The van der Waals surface area contributed by atoms with Crippen LogP contribution in [0.5, 0.6) is 0 Å². The minimum absolute atomic E-state index is 0. The van der Waals surface area contributed by atoms with Crippen LogP contribution >= 0.6 is 0 Å². The summed E-state index contributed by atoms with van der Waals surface area (Å²) in [7, 11) is 17.2. The number of unbranched alkanes of at least 4 members (excludes halogenated alkanes) is 2. The van der Waals surface area contributed by atoms with Crippen molar-refractivity contribution in [2.75, 3.05) is 0 Å². The summed E-state index contributed by atoms with van der Waals surface area (Å²) in [4.78, 5) is 0. The zero-order chi connectivity index (χ0) is 39.5. The van der Waals surface area contributed by atoms with E-state index >= 15 is 0 Å². The zero-order valence-corrected chi connectivity index (χ0v) is 41.5. The van der Waals surface area contributed by atoms with Gasteiger partial charge in [0.15, 0.2) is 5.83 Å². The van der Waals surface area contributed by atoms with Crippen LogP contribution in [0.15, 0.2) is 35.7 Å². The summed E-state index contributed by atoms with van der Waals surface area (Å²) in [5.74, 6) is 2.47. The molecule has 28 heteroatoms. The molecule has 0 amide bonds. The first kappa shape index (κ1) is 80.5. The van der Waals surface area contributed by atoms with E-state index in [9.17, 15) is 39.5 Å². The molecule has 0 N–H and O–H groups in total. The van der Waals surface area contributed by atoms with E-state index in [1.807, 2.05) is 13.8 Å². The number of hydrogen-bond donors (Lipinski definition) is 0. The van der Waals surface area contributed by atoms with E-state index in [1.165, 1.54) is 30.6 Å². The summed E-state index contributed by atoms with van der Waals surface area (Å²) in [6.07, 6.45) is -3.50. The molecule has 0 unspecified atom stereocenters. The third-order valence-corrected chi connectivity index (χ3v) is 22.1. The molecule has 0 heterocycles. The fraction of sp³-hybridized carbons (Fsp3) is 0.524. The van der Waals surface area contributed by atoms with E-state index in [0.29, 0.717) is 6.92 Å². The molecule has 0 aliphatic rings. The molecule has 0 spiro atoms. The number of rotatable bonds is 2. The molecular formula is C21H35F9Li2S17. The summed E-state index contributed by atoms with van der Waals surface area (Å²) in [5.41, 5.74) is 0. The van der Waals surface area contributed by atoms with Crippen molar-refractivity contribution < 1.29 is 78.7 Å². The van der Waals surface area contributed by atoms with Crippen LogP contribution in [0.2, 0.25) is 0 Å². The molecule has 0 nitrogen and oxygen atoms in total. The molecule has 0 aromatic carbocycles. The zero-order valence-electron chi connectivity index (χ0n) is 27.6. The van der Waals surface area contributed by atoms with Gasteiger partial charge in [0.25, 0.3) is 0 Å². The van der Waals surface area contributed by atoms with E-state index in [2.05, 4.69) is 107 Å². The molecule has 0 fully saturated rings. The van der Waals surface area contributed by atoms with Crippen LogP contribution in [0.1, 0.15) is 75.6 Å². The molecule has 0 aromatic rings. The van der Waals surface area contributed by atoms with Crippen molar-refractivity contribution in [1.82, 2.24) is 0 Å². The van der Waals surface area contributed by atoms with Gasteiger partial charge in [-0.2, -0.15) is 39.2 Å². The number of hydrogen-bond acceptors (Lipinski definition) is 6. The molecule has 0 aliphatic carbocycles. The van der Waals surface area contributed by atoms with Crippen LogP contribution in [0.4, 0.5) is 39.5 Å². The Kier molecular flexibility index (Phi) is 145. The second kappa shape index (κ2) is 88.3. The number of allylic oxidation sites excluding steroid dienone is 3. The van der Waals surface area contributed by atoms with Gasteiger partial charge in [-0.25, -0.2) is 13.2 Å². The molecule has 0 rings (SSSR count). The molecule has 0 aromatic heterocycles. The average Bonchev–Trinajstić information content (AvgIpc) is 3.04. The van der Waals surface area contributed by atoms with Crippen molar-refractivity contribution in [3.05, 3.63) is 49.6 Å². The van der Waals surface area contributed by atoms with Crippen molar-refractivity contribution >= 4 is 165 Å². The molecular weight excluding hydrogens is 982 g/mol. The van der Waals surface area contributed by atoms with E-state index in [4.69, 9.17) is 0 Å². The van der Waals surface area contributed by atoms with Gasteiger partial charge in [0.05, 0.1) is 0 Å². The summed E-state index contributed by atoms with van der Waals surface area (Å²) >= 11 is 25.0. The Morgan fingerprint density at radius 2 is 0.673 bits per heavy atom. The third-order valence-electron chi connectivity index (χ3n) is 2.09. The monoisotopic (exact) mass is 1020 g/mol. The van der Waals surface area contributed by atoms with E-state index < -0.39 is 35.7 Å². The van der Waals surface area contributed by atoms with Crippen LogP contribution in [0.25, 0.3) is 0 Å². The largest absolute Gasteiger partial charge is 1.00 e. The van der Waals surface area contributed by atoms with Crippen molar-refractivity contribution in [2.45, 2.75) is 74.1 Å². The van der Waals surface area contributed by atoms with Crippen LogP contribution in [0.3, 0.4) is 0 Å². The predicted molar refractivity (Wildman–Crippen MR) is 235 cm³/mol. The van der Waals surface area contributed by atoms with Gasteiger partial charge in [0.2, 0.25) is 0 Å². The molecule has 0 aliphatic heterocycles. The maximum absolute atomic E-state index is 11.3.